The van der Waals surface area contributed by atoms with E-state index in [1.807, 2.05) is 6.92 Å². The Bertz CT molecular complexity index is 354. The molecule has 0 aromatic heterocycles. The molecule has 0 saturated heterocycles. The highest BCUT2D eigenvalue weighted by Crippen LogP contribution is 2.17. The molecule has 1 amide bonds. The SMILES string of the molecule is CCCCNC(=O)c1cc(F)ccc1Br. The topological polar surface area (TPSA) is 29.1 Å². The Kier molecular flexibility index (Phi) is 4.75. The van der Waals surface area contributed by atoms with Crippen molar-refractivity contribution >= 4 is 21.8 Å². The van der Waals surface area contributed by atoms with Crippen LogP contribution in [0.1, 0.15) is 30.1 Å². The molecule has 0 aliphatic carbocycles. The van der Waals surface area contributed by atoms with Crippen LogP contribution in [0, 0.1) is 5.82 Å². The maximum atomic E-state index is 12.9. The molecule has 4 heteroatoms. The van der Waals surface area contributed by atoms with Crippen molar-refractivity contribution in [1.82, 2.24) is 5.32 Å². The molecule has 1 aromatic carbocycles. The van der Waals surface area contributed by atoms with Crippen molar-refractivity contribution in [1.29, 1.82) is 0 Å². The number of carbonyl (C=O) groups excluding carboxylic acids is 1. The van der Waals surface area contributed by atoms with E-state index in [0.717, 1.165) is 12.8 Å². The Balaban J connectivity index is 2.68. The number of hydrogen-bond donors (Lipinski definition) is 1. The van der Waals surface area contributed by atoms with E-state index in [1.165, 1.54) is 18.2 Å². The minimum Gasteiger partial charge on any atom is -0.352 e. The van der Waals surface area contributed by atoms with Crippen LogP contribution < -0.4 is 5.32 Å². The van der Waals surface area contributed by atoms with Crippen molar-refractivity contribution in [3.63, 3.8) is 0 Å². The maximum absolute atomic E-state index is 12.9. The fraction of sp³-hybridized carbons (Fsp3) is 0.364. The van der Waals surface area contributed by atoms with Crippen molar-refractivity contribution in [2.45, 2.75) is 19.8 Å². The molecule has 0 heterocycles. The van der Waals surface area contributed by atoms with Gasteiger partial charge in [-0.2, -0.15) is 0 Å². The summed E-state index contributed by atoms with van der Waals surface area (Å²) >= 11 is 3.21. The predicted molar refractivity (Wildman–Crippen MR) is 61.3 cm³/mol. The lowest BCUT2D eigenvalue weighted by atomic mass is 10.2. The van der Waals surface area contributed by atoms with Crippen LogP contribution in [-0.4, -0.2) is 12.5 Å². The van der Waals surface area contributed by atoms with Gasteiger partial charge in [-0.25, -0.2) is 4.39 Å². The summed E-state index contributed by atoms with van der Waals surface area (Å²) in [6, 6.07) is 4.07. The first-order valence-corrected chi connectivity index (χ1v) is 5.67. The van der Waals surface area contributed by atoms with Crippen molar-refractivity contribution in [2.24, 2.45) is 0 Å². The molecule has 1 rings (SSSR count). The second-order valence-electron chi connectivity index (χ2n) is 3.23. The minimum absolute atomic E-state index is 0.241. The monoisotopic (exact) mass is 273 g/mol. The van der Waals surface area contributed by atoms with E-state index in [9.17, 15) is 9.18 Å². The lowest BCUT2D eigenvalue weighted by Gasteiger charge is -2.06. The molecule has 0 aliphatic heterocycles. The lowest BCUT2D eigenvalue weighted by Crippen LogP contribution is -2.24. The maximum Gasteiger partial charge on any atom is 0.252 e. The first-order chi connectivity index (χ1) is 7.15. The molecule has 0 atom stereocenters. The fourth-order valence-corrected chi connectivity index (χ4v) is 1.57. The summed E-state index contributed by atoms with van der Waals surface area (Å²) in [5.74, 6) is -0.645. The molecular formula is C11H13BrFNO. The van der Waals surface area contributed by atoms with Crippen LogP contribution in [0.2, 0.25) is 0 Å². The molecule has 0 fully saturated rings. The molecule has 1 aromatic rings. The second-order valence-corrected chi connectivity index (χ2v) is 4.09. The summed E-state index contributed by atoms with van der Waals surface area (Å²) in [4.78, 5) is 11.6. The summed E-state index contributed by atoms with van der Waals surface area (Å²) < 4.78 is 13.5. The van der Waals surface area contributed by atoms with Gasteiger partial charge in [-0.05, 0) is 40.5 Å². The average molecular weight is 274 g/mol. The number of amides is 1. The summed E-state index contributed by atoms with van der Waals surface area (Å²) in [5.41, 5.74) is 0.339. The third-order valence-electron chi connectivity index (χ3n) is 1.99. The van der Waals surface area contributed by atoms with Crippen LogP contribution >= 0.6 is 15.9 Å². The summed E-state index contributed by atoms with van der Waals surface area (Å²) in [5, 5.41) is 2.73. The molecule has 0 bridgehead atoms. The number of halogens is 2. The lowest BCUT2D eigenvalue weighted by molar-refractivity contribution is 0.0952. The molecule has 2 nitrogen and oxygen atoms in total. The smallest absolute Gasteiger partial charge is 0.252 e. The van der Waals surface area contributed by atoms with Gasteiger partial charge in [0.05, 0.1) is 5.56 Å². The van der Waals surface area contributed by atoms with Crippen LogP contribution in [0.15, 0.2) is 22.7 Å². The van der Waals surface area contributed by atoms with Crippen molar-refractivity contribution in [3.8, 4) is 0 Å². The van der Waals surface area contributed by atoms with Gasteiger partial charge in [-0.3, -0.25) is 4.79 Å². The second kappa shape index (κ2) is 5.85. The van der Waals surface area contributed by atoms with Gasteiger partial charge in [0.1, 0.15) is 5.82 Å². The van der Waals surface area contributed by atoms with Crippen LogP contribution in [-0.2, 0) is 0 Å². The number of benzene rings is 1. The third kappa shape index (κ3) is 3.63. The van der Waals surface area contributed by atoms with Gasteiger partial charge in [0.15, 0.2) is 0 Å². The van der Waals surface area contributed by atoms with Gasteiger partial charge < -0.3 is 5.32 Å². The molecular weight excluding hydrogens is 261 g/mol. The Hall–Kier alpha value is -0.900. The number of unbranched alkanes of at least 4 members (excludes halogenated alkanes) is 1. The largest absolute Gasteiger partial charge is 0.352 e. The van der Waals surface area contributed by atoms with Crippen LogP contribution in [0.4, 0.5) is 4.39 Å². The molecule has 0 radical (unpaired) electrons. The molecule has 15 heavy (non-hydrogen) atoms. The molecule has 82 valence electrons. The number of rotatable bonds is 4. The summed E-state index contributed by atoms with van der Waals surface area (Å²) in [6.45, 7) is 2.67. The fourth-order valence-electron chi connectivity index (χ4n) is 1.15. The zero-order valence-corrected chi connectivity index (χ0v) is 10.1. The van der Waals surface area contributed by atoms with E-state index in [1.54, 1.807) is 0 Å². The van der Waals surface area contributed by atoms with E-state index in [4.69, 9.17) is 0 Å². The predicted octanol–water partition coefficient (Wildman–Crippen LogP) is 3.12. The van der Waals surface area contributed by atoms with Gasteiger partial charge >= 0.3 is 0 Å². The third-order valence-corrected chi connectivity index (χ3v) is 2.68. The molecule has 0 aliphatic rings. The quantitative estimate of drug-likeness (QED) is 0.840. The Morgan fingerprint density at radius 2 is 2.27 bits per heavy atom. The minimum atomic E-state index is -0.404. The Labute approximate surface area is 97.0 Å². The molecule has 0 unspecified atom stereocenters. The van der Waals surface area contributed by atoms with Crippen LogP contribution in [0.3, 0.4) is 0 Å². The van der Waals surface area contributed by atoms with Crippen LogP contribution in [0.25, 0.3) is 0 Å². The van der Waals surface area contributed by atoms with E-state index in [0.29, 0.717) is 16.6 Å². The number of carbonyl (C=O) groups is 1. The zero-order chi connectivity index (χ0) is 11.3. The van der Waals surface area contributed by atoms with E-state index >= 15 is 0 Å². The highest BCUT2D eigenvalue weighted by Gasteiger charge is 2.09. The van der Waals surface area contributed by atoms with Crippen molar-refractivity contribution in [2.75, 3.05) is 6.54 Å². The molecule has 0 saturated carbocycles. The Morgan fingerprint density at radius 1 is 1.53 bits per heavy atom. The highest BCUT2D eigenvalue weighted by atomic mass is 79.9. The van der Waals surface area contributed by atoms with Crippen molar-refractivity contribution < 1.29 is 9.18 Å². The summed E-state index contributed by atoms with van der Waals surface area (Å²) in [7, 11) is 0. The Morgan fingerprint density at radius 3 is 2.93 bits per heavy atom. The molecule has 0 spiro atoms. The van der Waals surface area contributed by atoms with Gasteiger partial charge in [0.2, 0.25) is 0 Å². The highest BCUT2D eigenvalue weighted by molar-refractivity contribution is 9.10. The van der Waals surface area contributed by atoms with Gasteiger partial charge in [-0.15, -0.1) is 0 Å². The number of nitrogens with one attached hydrogen (secondary N) is 1. The summed E-state index contributed by atoms with van der Waals surface area (Å²) in [6.07, 6.45) is 1.95. The van der Waals surface area contributed by atoms with Gasteiger partial charge in [0.25, 0.3) is 5.91 Å². The zero-order valence-electron chi connectivity index (χ0n) is 8.52. The number of hydrogen-bond acceptors (Lipinski definition) is 1. The van der Waals surface area contributed by atoms with E-state index in [2.05, 4.69) is 21.2 Å². The normalized spacial score (nSPS) is 10.1. The van der Waals surface area contributed by atoms with Gasteiger partial charge in [-0.1, -0.05) is 13.3 Å². The van der Waals surface area contributed by atoms with E-state index in [-0.39, 0.29) is 5.91 Å². The van der Waals surface area contributed by atoms with Gasteiger partial charge in [0, 0.05) is 11.0 Å². The first kappa shape index (κ1) is 12.2. The van der Waals surface area contributed by atoms with Crippen molar-refractivity contribution in [3.05, 3.63) is 34.1 Å². The average Bonchev–Trinajstić information content (AvgIpc) is 2.22. The van der Waals surface area contributed by atoms with E-state index < -0.39 is 5.82 Å². The van der Waals surface area contributed by atoms with Crippen LogP contribution in [0.5, 0.6) is 0 Å². The standard InChI is InChI=1S/C11H13BrFNO/c1-2-3-6-14-11(15)9-7-8(13)4-5-10(9)12/h4-5,7H,2-3,6H2,1H3,(H,14,15). The first-order valence-electron chi connectivity index (χ1n) is 4.88. The molecule has 1 N–H and O–H groups in total.